The van der Waals surface area contributed by atoms with Crippen LogP contribution >= 0.6 is 0 Å². The van der Waals surface area contributed by atoms with Crippen molar-refractivity contribution < 1.29 is 18.7 Å². The van der Waals surface area contributed by atoms with Gasteiger partial charge in [-0.05, 0) is 18.6 Å². The molecule has 2 aliphatic heterocycles. The van der Waals surface area contributed by atoms with Gasteiger partial charge in [-0.2, -0.15) is 4.52 Å². The monoisotopic (exact) mass is 488 g/mol. The number of fused-ring (bicyclic) bond motifs is 2. The maximum absolute atomic E-state index is 7.31. The summed E-state index contributed by atoms with van der Waals surface area (Å²) in [5, 5.41) is 16.9. The summed E-state index contributed by atoms with van der Waals surface area (Å²) in [5.41, 5.74) is 3.90. The van der Waals surface area contributed by atoms with E-state index in [1.165, 1.54) is 5.56 Å². The Bertz CT molecular complexity index is 1470. The first-order valence-electron chi connectivity index (χ1n) is 11.6. The van der Waals surface area contributed by atoms with Crippen LogP contribution < -0.4 is 9.47 Å². The third kappa shape index (κ3) is 3.82. The first-order valence-corrected chi connectivity index (χ1v) is 11.6. The van der Waals surface area contributed by atoms with E-state index < -0.39 is 0 Å². The van der Waals surface area contributed by atoms with Crippen molar-refractivity contribution in [3.8, 4) is 23.1 Å². The minimum Gasteiger partial charge on any atom is -0.491 e. The summed E-state index contributed by atoms with van der Waals surface area (Å²) < 4.78 is 23.7. The third-order valence-corrected chi connectivity index (χ3v) is 6.65. The topological polar surface area (TPSA) is 117 Å². The summed E-state index contributed by atoms with van der Waals surface area (Å²) in [5.74, 6) is 1.84. The maximum atomic E-state index is 7.31. The fourth-order valence-electron chi connectivity index (χ4n) is 4.62. The molecule has 0 amide bonds. The van der Waals surface area contributed by atoms with Gasteiger partial charge in [-0.1, -0.05) is 11.2 Å². The molecule has 0 unspecified atom stereocenters. The highest BCUT2D eigenvalue weighted by atomic mass is 16.5. The molecule has 0 aromatic carbocycles. The first kappa shape index (κ1) is 22.4. The predicted molar refractivity (Wildman–Crippen MR) is 125 cm³/mol. The Kier molecular flexibility index (Phi) is 5.50. The minimum atomic E-state index is -0.159. The Morgan fingerprint density at radius 1 is 1.22 bits per heavy atom. The number of nitrogens with zero attached hydrogens (tertiary/aromatic N) is 8. The average Bonchev–Trinajstić information content (AvgIpc) is 3.49. The largest absolute Gasteiger partial charge is 0.491 e. The molecule has 12 heteroatoms. The molecule has 0 N–H and O–H groups in total. The molecule has 6 heterocycles. The van der Waals surface area contributed by atoms with Gasteiger partial charge in [0, 0.05) is 37.3 Å². The van der Waals surface area contributed by atoms with Crippen LogP contribution in [0.3, 0.4) is 0 Å². The van der Waals surface area contributed by atoms with Crippen LogP contribution in [0.1, 0.15) is 22.7 Å². The van der Waals surface area contributed by atoms with Crippen molar-refractivity contribution in [3.63, 3.8) is 0 Å². The van der Waals surface area contributed by atoms with Crippen LogP contribution in [-0.2, 0) is 24.3 Å². The number of hydrogen-bond acceptors (Lipinski definition) is 10. The summed E-state index contributed by atoms with van der Waals surface area (Å²) >= 11 is 0. The fourth-order valence-corrected chi connectivity index (χ4v) is 4.62. The molecule has 0 saturated carbocycles. The molecule has 0 bridgehead atoms. The van der Waals surface area contributed by atoms with Gasteiger partial charge in [0.1, 0.15) is 17.9 Å². The lowest BCUT2D eigenvalue weighted by Crippen LogP contribution is -2.64. The van der Waals surface area contributed by atoms with Gasteiger partial charge in [0.25, 0.3) is 5.88 Å². The van der Waals surface area contributed by atoms with Crippen LogP contribution in [0.2, 0.25) is 0 Å². The van der Waals surface area contributed by atoms with E-state index in [0.717, 1.165) is 30.9 Å². The smallest absolute Gasteiger partial charge is 0.275 e. The zero-order valence-corrected chi connectivity index (χ0v) is 20.0. The maximum Gasteiger partial charge on any atom is 0.275 e. The summed E-state index contributed by atoms with van der Waals surface area (Å²) in [7, 11) is 1.55. The zero-order valence-electron chi connectivity index (χ0n) is 20.0. The van der Waals surface area contributed by atoms with Crippen LogP contribution in [0.5, 0.6) is 11.6 Å². The standard InChI is InChI=1S/C24H24N8O4/c1-15-8-19(30-36-15)22-28-27-21-9-20(33-3)23(29-32(21)22)35-11-17-5-4-16-10-31(7-6-18(16)26-17)24(12-25-2)13-34-14-24/h4-5,8-9H,6-7,10-14H2,1,3H3. The molecule has 4 aromatic rings. The number of ether oxygens (including phenoxy) is 3. The van der Waals surface area contributed by atoms with E-state index in [1.807, 2.05) is 6.07 Å². The lowest BCUT2D eigenvalue weighted by Gasteiger charge is -2.47. The van der Waals surface area contributed by atoms with E-state index in [-0.39, 0.29) is 12.1 Å². The molecule has 36 heavy (non-hydrogen) atoms. The Morgan fingerprint density at radius 3 is 2.83 bits per heavy atom. The highest BCUT2D eigenvalue weighted by Gasteiger charge is 2.48. The lowest BCUT2D eigenvalue weighted by molar-refractivity contribution is -0.136. The van der Waals surface area contributed by atoms with E-state index >= 15 is 0 Å². The van der Waals surface area contributed by atoms with E-state index in [9.17, 15) is 0 Å². The second-order valence-electron chi connectivity index (χ2n) is 9.04. The SMILES string of the molecule is [C-]#[N+]CC1(N2CCc3nc(COc4nn5c(-c6cc(C)on6)nnc5cc4OC)ccc3C2)COC1. The number of pyridine rings is 1. The summed E-state index contributed by atoms with van der Waals surface area (Å²) in [4.78, 5) is 10.9. The van der Waals surface area contributed by atoms with Crippen LogP contribution in [0.25, 0.3) is 22.0 Å². The van der Waals surface area contributed by atoms with Gasteiger partial charge in [0.2, 0.25) is 12.4 Å². The molecule has 6 rings (SSSR count). The van der Waals surface area contributed by atoms with Crippen LogP contribution in [-0.4, -0.2) is 73.8 Å². The second-order valence-corrected chi connectivity index (χ2v) is 9.04. The Labute approximate surface area is 206 Å². The van der Waals surface area contributed by atoms with Gasteiger partial charge in [-0.15, -0.1) is 15.3 Å². The molecule has 0 radical (unpaired) electrons. The predicted octanol–water partition coefficient (Wildman–Crippen LogP) is 2.12. The van der Waals surface area contributed by atoms with Crippen LogP contribution in [0.4, 0.5) is 0 Å². The zero-order chi connectivity index (χ0) is 24.7. The number of aromatic nitrogens is 6. The first-order chi connectivity index (χ1) is 17.6. The van der Waals surface area contributed by atoms with E-state index in [4.69, 9.17) is 30.3 Å². The molecule has 12 nitrogen and oxygen atoms in total. The van der Waals surface area contributed by atoms with Gasteiger partial charge in [-0.3, -0.25) is 9.88 Å². The molecule has 1 saturated heterocycles. The number of methoxy groups -OCH3 is 1. The van der Waals surface area contributed by atoms with Gasteiger partial charge in [0.05, 0.1) is 26.0 Å². The normalized spacial score (nSPS) is 16.8. The van der Waals surface area contributed by atoms with E-state index in [0.29, 0.717) is 54.3 Å². The molecule has 2 aliphatic rings. The summed E-state index contributed by atoms with van der Waals surface area (Å²) in [6.07, 6.45) is 0.817. The highest BCUT2D eigenvalue weighted by molar-refractivity contribution is 5.56. The van der Waals surface area contributed by atoms with Crippen molar-refractivity contribution in [2.45, 2.75) is 32.0 Å². The molecule has 0 aliphatic carbocycles. The Morgan fingerprint density at radius 2 is 2.11 bits per heavy atom. The van der Waals surface area contributed by atoms with E-state index in [2.05, 4.69) is 36.3 Å². The van der Waals surface area contributed by atoms with Gasteiger partial charge < -0.3 is 23.6 Å². The third-order valence-electron chi connectivity index (χ3n) is 6.65. The van der Waals surface area contributed by atoms with Crippen molar-refractivity contribution in [2.75, 3.05) is 33.4 Å². The average molecular weight is 489 g/mol. The Hall–Kier alpha value is -4.08. The number of aryl methyl sites for hydroxylation is 1. The van der Waals surface area contributed by atoms with Crippen molar-refractivity contribution >= 4 is 5.65 Å². The van der Waals surface area contributed by atoms with Gasteiger partial charge in [0.15, 0.2) is 17.1 Å². The molecule has 4 aromatic heterocycles. The van der Waals surface area contributed by atoms with Crippen molar-refractivity contribution in [1.82, 2.24) is 34.9 Å². The highest BCUT2D eigenvalue weighted by Crippen LogP contribution is 2.32. The summed E-state index contributed by atoms with van der Waals surface area (Å²) in [6, 6.07) is 7.54. The van der Waals surface area contributed by atoms with Crippen molar-refractivity contribution in [2.24, 2.45) is 0 Å². The molecule has 0 spiro atoms. The Balaban J connectivity index is 1.21. The summed E-state index contributed by atoms with van der Waals surface area (Å²) in [6.45, 7) is 12.7. The van der Waals surface area contributed by atoms with Gasteiger partial charge >= 0.3 is 0 Å². The van der Waals surface area contributed by atoms with Crippen LogP contribution in [0.15, 0.2) is 28.8 Å². The lowest BCUT2D eigenvalue weighted by atomic mass is 9.91. The molecule has 1 fully saturated rings. The molecule has 0 atom stereocenters. The number of hydrogen-bond donors (Lipinski definition) is 0. The second kappa shape index (κ2) is 8.85. The van der Waals surface area contributed by atoms with E-state index in [1.54, 1.807) is 30.7 Å². The van der Waals surface area contributed by atoms with Crippen LogP contribution in [0, 0.1) is 13.5 Å². The minimum absolute atomic E-state index is 0.159. The molecular formula is C24H24N8O4. The van der Waals surface area contributed by atoms with Gasteiger partial charge in [-0.25, -0.2) is 6.57 Å². The quantitative estimate of drug-likeness (QED) is 0.358. The van der Waals surface area contributed by atoms with Crippen molar-refractivity contribution in [3.05, 3.63) is 58.4 Å². The fraction of sp³-hybridized carbons (Fsp3) is 0.417. The van der Waals surface area contributed by atoms with Crippen molar-refractivity contribution in [1.29, 1.82) is 0 Å². The molecule has 184 valence electrons. The number of rotatable bonds is 7. The molecular weight excluding hydrogens is 464 g/mol.